The van der Waals surface area contributed by atoms with Crippen molar-refractivity contribution >= 4 is 29.1 Å². The average Bonchev–Trinajstić information content (AvgIpc) is 2.70. The van der Waals surface area contributed by atoms with Gasteiger partial charge in [0, 0.05) is 29.6 Å². The molecular formula is C21H18ClN3O2. The molecule has 136 valence electrons. The molecule has 0 spiro atoms. The third kappa shape index (κ3) is 5.66. The fourth-order valence-corrected chi connectivity index (χ4v) is 2.58. The van der Waals surface area contributed by atoms with Gasteiger partial charge in [-0.25, -0.2) is 0 Å². The normalized spacial score (nSPS) is 10.3. The van der Waals surface area contributed by atoms with Crippen molar-refractivity contribution in [1.29, 1.82) is 0 Å². The molecule has 0 aliphatic heterocycles. The molecule has 3 aromatic rings. The lowest BCUT2D eigenvalue weighted by molar-refractivity contribution is -0.120. The zero-order valence-corrected chi connectivity index (χ0v) is 15.2. The molecule has 0 aliphatic rings. The Kier molecular flexibility index (Phi) is 6.18. The Morgan fingerprint density at radius 3 is 2.30 bits per heavy atom. The van der Waals surface area contributed by atoms with Crippen molar-refractivity contribution in [3.63, 3.8) is 0 Å². The van der Waals surface area contributed by atoms with Crippen LogP contribution in [0.15, 0.2) is 73.1 Å². The van der Waals surface area contributed by atoms with Crippen molar-refractivity contribution < 1.29 is 9.59 Å². The van der Waals surface area contributed by atoms with Gasteiger partial charge in [0.05, 0.1) is 12.0 Å². The first kappa shape index (κ1) is 18.6. The van der Waals surface area contributed by atoms with E-state index in [1.807, 2.05) is 24.3 Å². The quantitative estimate of drug-likeness (QED) is 0.683. The van der Waals surface area contributed by atoms with Crippen molar-refractivity contribution in [3.05, 3.63) is 94.8 Å². The number of rotatable bonds is 6. The molecule has 3 rings (SSSR count). The Balaban J connectivity index is 1.49. The number of nitrogens with one attached hydrogen (secondary N) is 2. The summed E-state index contributed by atoms with van der Waals surface area (Å²) in [5.41, 5.74) is 3.03. The Hall–Kier alpha value is -3.18. The van der Waals surface area contributed by atoms with Gasteiger partial charge in [0.25, 0.3) is 5.91 Å². The van der Waals surface area contributed by atoms with Crippen LogP contribution < -0.4 is 10.6 Å². The van der Waals surface area contributed by atoms with Crippen LogP contribution in [0.25, 0.3) is 0 Å². The summed E-state index contributed by atoms with van der Waals surface area (Å²) in [5.74, 6) is -0.279. The van der Waals surface area contributed by atoms with Crippen molar-refractivity contribution in [3.8, 4) is 0 Å². The van der Waals surface area contributed by atoms with E-state index in [0.717, 1.165) is 11.1 Å². The van der Waals surface area contributed by atoms with E-state index in [0.29, 0.717) is 29.2 Å². The number of benzene rings is 2. The Bertz CT molecular complexity index is 910. The number of amides is 2. The first-order valence-electron chi connectivity index (χ1n) is 8.41. The summed E-state index contributed by atoms with van der Waals surface area (Å²) in [4.78, 5) is 28.1. The average molecular weight is 380 g/mol. The molecule has 1 heterocycles. The molecule has 0 saturated carbocycles. The van der Waals surface area contributed by atoms with Crippen LogP contribution in [0.3, 0.4) is 0 Å². The smallest absolute Gasteiger partial charge is 0.257 e. The van der Waals surface area contributed by atoms with E-state index in [1.165, 1.54) is 6.20 Å². The minimum Gasteiger partial charge on any atom is -0.352 e. The molecule has 5 nitrogen and oxygen atoms in total. The topological polar surface area (TPSA) is 71.1 Å². The minimum absolute atomic E-state index is 0.0636. The lowest BCUT2D eigenvalue weighted by atomic mass is 10.1. The number of carbonyl (C=O) groups excluding carboxylic acids is 2. The Labute approximate surface area is 162 Å². The molecule has 27 heavy (non-hydrogen) atoms. The van der Waals surface area contributed by atoms with Crippen LogP contribution in [0.5, 0.6) is 0 Å². The molecule has 1 aromatic heterocycles. The largest absolute Gasteiger partial charge is 0.352 e. The molecule has 0 bridgehead atoms. The summed E-state index contributed by atoms with van der Waals surface area (Å²) in [6.45, 7) is 0.420. The van der Waals surface area contributed by atoms with Crippen molar-refractivity contribution in [1.82, 2.24) is 10.3 Å². The van der Waals surface area contributed by atoms with Crippen LogP contribution in [-0.2, 0) is 17.8 Å². The second kappa shape index (κ2) is 8.96. The second-order valence-corrected chi connectivity index (χ2v) is 6.41. The van der Waals surface area contributed by atoms with Crippen molar-refractivity contribution in [2.24, 2.45) is 0 Å². The number of halogens is 1. The molecule has 0 unspecified atom stereocenters. The van der Waals surface area contributed by atoms with Gasteiger partial charge in [0.1, 0.15) is 0 Å². The fourth-order valence-electron chi connectivity index (χ4n) is 2.46. The number of pyridine rings is 1. The first-order valence-corrected chi connectivity index (χ1v) is 8.79. The number of aromatic nitrogens is 1. The minimum atomic E-state index is -0.216. The lowest BCUT2D eigenvalue weighted by Crippen LogP contribution is -2.24. The number of hydrogen-bond acceptors (Lipinski definition) is 3. The second-order valence-electron chi connectivity index (χ2n) is 5.97. The Morgan fingerprint density at radius 2 is 1.63 bits per heavy atom. The molecule has 2 N–H and O–H groups in total. The van der Waals surface area contributed by atoms with E-state index in [1.54, 1.807) is 42.6 Å². The highest BCUT2D eigenvalue weighted by Gasteiger charge is 2.06. The molecular weight excluding hydrogens is 362 g/mol. The molecule has 0 fully saturated rings. The number of hydrogen-bond donors (Lipinski definition) is 2. The van der Waals surface area contributed by atoms with Gasteiger partial charge in [-0.3, -0.25) is 14.6 Å². The van der Waals surface area contributed by atoms with Crippen LogP contribution in [0.2, 0.25) is 5.02 Å². The third-order valence-corrected chi connectivity index (χ3v) is 4.16. The number of anilines is 1. The molecule has 2 aromatic carbocycles. The Morgan fingerprint density at radius 1 is 0.926 bits per heavy atom. The van der Waals surface area contributed by atoms with Crippen LogP contribution in [-0.4, -0.2) is 16.8 Å². The zero-order valence-electron chi connectivity index (χ0n) is 14.5. The number of nitrogens with zero attached hydrogens (tertiary/aromatic N) is 1. The molecule has 0 aliphatic carbocycles. The summed E-state index contributed by atoms with van der Waals surface area (Å²) in [7, 11) is 0. The predicted octanol–water partition coefficient (Wildman–Crippen LogP) is 3.85. The van der Waals surface area contributed by atoms with Gasteiger partial charge >= 0.3 is 0 Å². The summed E-state index contributed by atoms with van der Waals surface area (Å²) in [5, 5.41) is 6.34. The lowest BCUT2D eigenvalue weighted by Gasteiger charge is -2.08. The number of carbonyl (C=O) groups is 2. The monoisotopic (exact) mass is 379 g/mol. The molecule has 2 amide bonds. The highest BCUT2D eigenvalue weighted by Crippen LogP contribution is 2.12. The summed E-state index contributed by atoms with van der Waals surface area (Å²) < 4.78 is 0. The maximum Gasteiger partial charge on any atom is 0.257 e. The van der Waals surface area contributed by atoms with E-state index in [9.17, 15) is 9.59 Å². The molecule has 6 heteroatoms. The van der Waals surface area contributed by atoms with Gasteiger partial charge < -0.3 is 10.6 Å². The molecule has 0 radical (unpaired) electrons. The maximum absolute atomic E-state index is 12.1. The fraction of sp³-hybridized carbons (Fsp3) is 0.0952. The summed E-state index contributed by atoms with van der Waals surface area (Å²) in [6.07, 6.45) is 3.43. The molecule has 0 saturated heterocycles. The van der Waals surface area contributed by atoms with Crippen LogP contribution in [0.1, 0.15) is 21.5 Å². The summed E-state index contributed by atoms with van der Waals surface area (Å²) in [6, 6.07) is 17.9. The van der Waals surface area contributed by atoms with Crippen LogP contribution in [0, 0.1) is 0 Å². The first-order chi connectivity index (χ1) is 13.1. The van der Waals surface area contributed by atoms with E-state index in [2.05, 4.69) is 15.6 Å². The van der Waals surface area contributed by atoms with Gasteiger partial charge in [-0.15, -0.1) is 0 Å². The van der Waals surface area contributed by atoms with Gasteiger partial charge in [0.2, 0.25) is 5.91 Å². The summed E-state index contributed by atoms with van der Waals surface area (Å²) >= 11 is 5.84. The van der Waals surface area contributed by atoms with Crippen LogP contribution in [0.4, 0.5) is 5.69 Å². The van der Waals surface area contributed by atoms with Gasteiger partial charge in [-0.05, 0) is 47.5 Å². The van der Waals surface area contributed by atoms with E-state index < -0.39 is 0 Å². The van der Waals surface area contributed by atoms with Crippen LogP contribution >= 0.6 is 11.6 Å². The van der Waals surface area contributed by atoms with Crippen molar-refractivity contribution in [2.45, 2.75) is 13.0 Å². The van der Waals surface area contributed by atoms with Gasteiger partial charge in [-0.2, -0.15) is 0 Å². The highest BCUT2D eigenvalue weighted by atomic mass is 35.5. The molecule has 0 atom stereocenters. The van der Waals surface area contributed by atoms with E-state index >= 15 is 0 Å². The predicted molar refractivity (Wildman–Crippen MR) is 106 cm³/mol. The van der Waals surface area contributed by atoms with E-state index in [4.69, 9.17) is 11.6 Å². The van der Waals surface area contributed by atoms with Crippen molar-refractivity contribution in [2.75, 3.05) is 5.32 Å². The SMILES string of the molecule is O=C(Cc1ccc(Cl)cc1)NCc1ccc(NC(=O)c2cccnc2)cc1. The zero-order chi connectivity index (χ0) is 19.1. The standard InChI is InChI=1S/C21H18ClN3O2/c22-18-7-3-15(4-8-18)12-20(26)24-13-16-5-9-19(10-6-16)25-21(27)17-2-1-11-23-14-17/h1-11,14H,12-13H2,(H,24,26)(H,25,27). The van der Waals surface area contributed by atoms with Gasteiger partial charge in [-0.1, -0.05) is 35.9 Å². The highest BCUT2D eigenvalue weighted by molar-refractivity contribution is 6.30. The maximum atomic E-state index is 12.1. The van der Waals surface area contributed by atoms with E-state index in [-0.39, 0.29) is 11.8 Å². The third-order valence-electron chi connectivity index (χ3n) is 3.90. The van der Waals surface area contributed by atoms with Gasteiger partial charge in [0.15, 0.2) is 0 Å².